The number of nitrogens with zero attached hydrogens (tertiary/aromatic N) is 1. The molecule has 0 bridgehead atoms. The Labute approximate surface area is 166 Å². The summed E-state index contributed by atoms with van der Waals surface area (Å²) >= 11 is 0. The second-order valence-electron chi connectivity index (χ2n) is 7.15. The van der Waals surface area contributed by atoms with Gasteiger partial charge in [-0.3, -0.25) is 14.2 Å². The van der Waals surface area contributed by atoms with Crippen LogP contribution in [-0.4, -0.2) is 27.7 Å². The van der Waals surface area contributed by atoms with Crippen molar-refractivity contribution in [3.05, 3.63) is 64.9 Å². The minimum absolute atomic E-state index is 0.0412. The van der Waals surface area contributed by atoms with Crippen LogP contribution in [0.5, 0.6) is 5.75 Å². The van der Waals surface area contributed by atoms with Crippen molar-refractivity contribution in [3.63, 3.8) is 0 Å². The SMILES string of the molecule is Cc1c([C@@H](C)C(=O)OC(C)C)c2c(F)c(O)ccc2n1C(=O)c1cccc(F)c1. The number of phenols is 1. The van der Waals surface area contributed by atoms with E-state index in [9.17, 15) is 23.5 Å². The Morgan fingerprint density at radius 3 is 2.41 bits per heavy atom. The minimum Gasteiger partial charge on any atom is -0.505 e. The number of esters is 1. The fraction of sp³-hybridized carbons (Fsp3) is 0.273. The maximum atomic E-state index is 14.9. The van der Waals surface area contributed by atoms with E-state index in [2.05, 4.69) is 0 Å². The molecule has 152 valence electrons. The molecule has 1 atom stereocenters. The summed E-state index contributed by atoms with van der Waals surface area (Å²) in [4.78, 5) is 25.6. The lowest BCUT2D eigenvalue weighted by molar-refractivity contribution is -0.148. The van der Waals surface area contributed by atoms with Crippen LogP contribution in [0.2, 0.25) is 0 Å². The second kappa shape index (κ2) is 7.66. The monoisotopic (exact) mass is 401 g/mol. The highest BCUT2D eigenvalue weighted by atomic mass is 19.1. The molecule has 0 aliphatic heterocycles. The summed E-state index contributed by atoms with van der Waals surface area (Å²) in [5.41, 5.74) is 0.796. The van der Waals surface area contributed by atoms with E-state index in [1.54, 1.807) is 27.7 Å². The molecular formula is C22H21F2NO4. The number of aromatic nitrogens is 1. The van der Waals surface area contributed by atoms with Crippen molar-refractivity contribution in [3.8, 4) is 5.75 Å². The first-order chi connectivity index (χ1) is 13.6. The summed E-state index contributed by atoms with van der Waals surface area (Å²) in [6.07, 6.45) is -0.370. The molecule has 0 aliphatic rings. The van der Waals surface area contributed by atoms with Crippen LogP contribution in [0.3, 0.4) is 0 Å². The van der Waals surface area contributed by atoms with Gasteiger partial charge in [0.1, 0.15) is 5.82 Å². The maximum Gasteiger partial charge on any atom is 0.313 e. The summed E-state index contributed by atoms with van der Waals surface area (Å²) in [6, 6.07) is 7.67. The fourth-order valence-corrected chi connectivity index (χ4v) is 3.47. The van der Waals surface area contributed by atoms with Gasteiger partial charge in [-0.2, -0.15) is 0 Å². The Bertz CT molecular complexity index is 1120. The standard InChI is InChI=1S/C22H21F2NO4/c1-11(2)29-22(28)12(3)18-13(4)25(16-8-9-17(26)20(24)19(16)18)21(27)14-6-5-7-15(23)10-14/h5-12,26H,1-4H3/t12-/m1/s1. The Morgan fingerprint density at radius 2 is 1.79 bits per heavy atom. The average molecular weight is 401 g/mol. The lowest BCUT2D eigenvalue weighted by Gasteiger charge is -2.15. The molecule has 2 aromatic carbocycles. The van der Waals surface area contributed by atoms with Gasteiger partial charge in [0.05, 0.1) is 17.5 Å². The summed E-state index contributed by atoms with van der Waals surface area (Å²) in [6.45, 7) is 6.51. The number of rotatable bonds is 4. The highest BCUT2D eigenvalue weighted by molar-refractivity contribution is 6.05. The van der Waals surface area contributed by atoms with Crippen molar-refractivity contribution < 1.29 is 28.2 Å². The molecular weight excluding hydrogens is 380 g/mol. The van der Waals surface area contributed by atoms with Gasteiger partial charge in [0.25, 0.3) is 5.91 Å². The molecule has 7 heteroatoms. The Balaban J connectivity index is 2.27. The van der Waals surface area contributed by atoms with Gasteiger partial charge in [-0.15, -0.1) is 0 Å². The second-order valence-corrected chi connectivity index (χ2v) is 7.15. The van der Waals surface area contributed by atoms with E-state index >= 15 is 0 Å². The van der Waals surface area contributed by atoms with E-state index in [4.69, 9.17) is 4.74 Å². The molecule has 0 saturated heterocycles. The summed E-state index contributed by atoms with van der Waals surface area (Å²) in [7, 11) is 0. The molecule has 1 heterocycles. The highest BCUT2D eigenvalue weighted by Gasteiger charge is 2.30. The normalized spacial score (nSPS) is 12.4. The summed E-state index contributed by atoms with van der Waals surface area (Å²) in [5.74, 6) is -4.16. The molecule has 0 unspecified atom stereocenters. The topological polar surface area (TPSA) is 68.5 Å². The smallest absolute Gasteiger partial charge is 0.313 e. The predicted molar refractivity (Wildman–Crippen MR) is 104 cm³/mol. The number of phenolic OH excluding ortho intramolecular Hbond substituents is 1. The van der Waals surface area contributed by atoms with Gasteiger partial charge in [-0.05, 0) is 63.6 Å². The van der Waals surface area contributed by atoms with Crippen molar-refractivity contribution >= 4 is 22.8 Å². The van der Waals surface area contributed by atoms with Crippen LogP contribution < -0.4 is 0 Å². The molecule has 5 nitrogen and oxygen atoms in total. The first-order valence-electron chi connectivity index (χ1n) is 9.16. The van der Waals surface area contributed by atoms with E-state index < -0.39 is 35.2 Å². The average Bonchev–Trinajstić information content (AvgIpc) is 2.95. The number of aromatic hydroxyl groups is 1. The zero-order chi connectivity index (χ0) is 21.5. The first-order valence-corrected chi connectivity index (χ1v) is 9.16. The number of hydrogen-bond donors (Lipinski definition) is 1. The number of fused-ring (bicyclic) bond motifs is 1. The molecule has 0 spiro atoms. The largest absolute Gasteiger partial charge is 0.505 e. The Morgan fingerprint density at radius 1 is 1.10 bits per heavy atom. The molecule has 0 saturated carbocycles. The zero-order valence-corrected chi connectivity index (χ0v) is 16.5. The van der Waals surface area contributed by atoms with Crippen molar-refractivity contribution in [2.24, 2.45) is 0 Å². The minimum atomic E-state index is -0.935. The molecule has 3 rings (SSSR count). The van der Waals surface area contributed by atoms with Crippen LogP contribution in [0.1, 0.15) is 48.3 Å². The summed E-state index contributed by atoms with van der Waals surface area (Å²) < 4.78 is 35.0. The third-order valence-corrected chi connectivity index (χ3v) is 4.75. The van der Waals surface area contributed by atoms with Crippen LogP contribution in [0, 0.1) is 18.6 Å². The van der Waals surface area contributed by atoms with Crippen LogP contribution >= 0.6 is 0 Å². The third kappa shape index (κ3) is 3.60. The van der Waals surface area contributed by atoms with Gasteiger partial charge in [0, 0.05) is 16.6 Å². The van der Waals surface area contributed by atoms with Gasteiger partial charge in [0.2, 0.25) is 0 Å². The van der Waals surface area contributed by atoms with Crippen molar-refractivity contribution in [1.82, 2.24) is 4.57 Å². The number of hydrogen-bond acceptors (Lipinski definition) is 4. The van der Waals surface area contributed by atoms with E-state index in [1.165, 1.54) is 28.8 Å². The molecule has 0 amide bonds. The fourth-order valence-electron chi connectivity index (χ4n) is 3.47. The van der Waals surface area contributed by atoms with E-state index in [0.29, 0.717) is 5.69 Å². The third-order valence-electron chi connectivity index (χ3n) is 4.75. The van der Waals surface area contributed by atoms with Crippen LogP contribution in [0.4, 0.5) is 8.78 Å². The molecule has 0 radical (unpaired) electrons. The number of halogens is 2. The van der Waals surface area contributed by atoms with Crippen LogP contribution in [-0.2, 0) is 9.53 Å². The lowest BCUT2D eigenvalue weighted by Crippen LogP contribution is -2.19. The predicted octanol–water partition coefficient (Wildman–Crippen LogP) is 4.68. The molecule has 1 aromatic heterocycles. The number of carbonyl (C=O) groups excluding carboxylic acids is 2. The van der Waals surface area contributed by atoms with Gasteiger partial charge < -0.3 is 9.84 Å². The van der Waals surface area contributed by atoms with Crippen molar-refractivity contribution in [1.29, 1.82) is 0 Å². The quantitative estimate of drug-likeness (QED) is 0.645. The van der Waals surface area contributed by atoms with E-state index in [-0.39, 0.29) is 28.1 Å². The van der Waals surface area contributed by atoms with Crippen molar-refractivity contribution in [2.75, 3.05) is 0 Å². The first kappa shape index (κ1) is 20.5. The Kier molecular flexibility index (Phi) is 5.42. The van der Waals surface area contributed by atoms with Crippen LogP contribution in [0.25, 0.3) is 10.9 Å². The van der Waals surface area contributed by atoms with Crippen molar-refractivity contribution in [2.45, 2.75) is 39.7 Å². The Hall–Kier alpha value is -3.22. The van der Waals surface area contributed by atoms with E-state index in [0.717, 1.165) is 12.1 Å². The van der Waals surface area contributed by atoms with Gasteiger partial charge in [-0.1, -0.05) is 6.07 Å². The number of ether oxygens (including phenoxy) is 1. The molecule has 29 heavy (non-hydrogen) atoms. The van der Waals surface area contributed by atoms with Gasteiger partial charge in [0.15, 0.2) is 11.6 Å². The molecule has 3 aromatic rings. The molecule has 0 aliphatic carbocycles. The molecule has 0 fully saturated rings. The number of benzene rings is 2. The zero-order valence-electron chi connectivity index (χ0n) is 16.5. The lowest BCUT2D eigenvalue weighted by atomic mass is 9.97. The molecule has 1 N–H and O–H groups in total. The van der Waals surface area contributed by atoms with Gasteiger partial charge in [-0.25, -0.2) is 8.78 Å². The van der Waals surface area contributed by atoms with E-state index in [1.807, 2.05) is 0 Å². The maximum absolute atomic E-state index is 14.9. The summed E-state index contributed by atoms with van der Waals surface area (Å²) in [5, 5.41) is 9.82. The van der Waals surface area contributed by atoms with Crippen LogP contribution in [0.15, 0.2) is 36.4 Å². The number of carbonyl (C=O) groups is 2. The van der Waals surface area contributed by atoms with Gasteiger partial charge >= 0.3 is 5.97 Å². The highest BCUT2D eigenvalue weighted by Crippen LogP contribution is 2.37.